The van der Waals surface area contributed by atoms with Crippen LogP contribution in [0.4, 0.5) is 0 Å². The van der Waals surface area contributed by atoms with Crippen LogP contribution in [0.25, 0.3) is 0 Å². The van der Waals surface area contributed by atoms with Crippen LogP contribution in [0.1, 0.15) is 22.7 Å². The van der Waals surface area contributed by atoms with Crippen molar-refractivity contribution in [3.05, 3.63) is 34.9 Å². The fourth-order valence-corrected chi connectivity index (χ4v) is 2.42. The number of nitrogens with zero attached hydrogens (tertiary/aromatic N) is 2. The molecule has 0 saturated carbocycles. The molecule has 1 atom stereocenters. The van der Waals surface area contributed by atoms with E-state index in [9.17, 15) is 5.26 Å². The molecule has 3 nitrogen and oxygen atoms in total. The third-order valence-corrected chi connectivity index (χ3v) is 3.36. The molecule has 1 heterocycles. The van der Waals surface area contributed by atoms with Gasteiger partial charge in [-0.15, -0.1) is 0 Å². The number of piperazine rings is 1. The first-order valence-electron chi connectivity index (χ1n) is 6.14. The summed E-state index contributed by atoms with van der Waals surface area (Å²) < 4.78 is 0. The Labute approximate surface area is 103 Å². The maximum Gasteiger partial charge on any atom is 0.124 e. The van der Waals surface area contributed by atoms with Crippen LogP contribution in [-0.4, -0.2) is 31.1 Å². The molecule has 1 saturated heterocycles. The first-order chi connectivity index (χ1) is 8.22. The number of aryl methyl sites for hydroxylation is 2. The molecule has 1 fully saturated rings. The highest BCUT2D eigenvalue weighted by Crippen LogP contribution is 2.24. The van der Waals surface area contributed by atoms with Crippen molar-refractivity contribution < 1.29 is 0 Å². The van der Waals surface area contributed by atoms with E-state index in [2.05, 4.69) is 48.3 Å². The summed E-state index contributed by atoms with van der Waals surface area (Å²) in [6, 6.07) is 8.69. The van der Waals surface area contributed by atoms with Gasteiger partial charge in [0.2, 0.25) is 0 Å². The first-order valence-corrected chi connectivity index (χ1v) is 6.14. The van der Waals surface area contributed by atoms with Crippen LogP contribution in [0, 0.1) is 25.2 Å². The molecule has 1 aliphatic rings. The minimum Gasteiger partial charge on any atom is -0.314 e. The highest BCUT2D eigenvalue weighted by molar-refractivity contribution is 5.35. The SMILES string of the molecule is Cc1ccc(C(C#N)N2CCNCC2)c(C)c1. The molecule has 17 heavy (non-hydrogen) atoms. The van der Waals surface area contributed by atoms with Gasteiger partial charge >= 0.3 is 0 Å². The average Bonchev–Trinajstić information content (AvgIpc) is 2.34. The van der Waals surface area contributed by atoms with Gasteiger partial charge in [0.1, 0.15) is 6.04 Å². The summed E-state index contributed by atoms with van der Waals surface area (Å²) >= 11 is 0. The third kappa shape index (κ3) is 2.66. The van der Waals surface area contributed by atoms with Crippen LogP contribution < -0.4 is 5.32 Å². The Balaban J connectivity index is 2.25. The van der Waals surface area contributed by atoms with E-state index in [0.29, 0.717) is 0 Å². The van der Waals surface area contributed by atoms with Crippen LogP contribution in [0.15, 0.2) is 18.2 Å². The van der Waals surface area contributed by atoms with Crippen molar-refractivity contribution in [1.29, 1.82) is 5.26 Å². The van der Waals surface area contributed by atoms with Gasteiger partial charge in [-0.1, -0.05) is 23.8 Å². The van der Waals surface area contributed by atoms with E-state index in [4.69, 9.17) is 0 Å². The molecule has 1 aromatic carbocycles. The maximum atomic E-state index is 9.41. The lowest BCUT2D eigenvalue weighted by molar-refractivity contribution is 0.207. The molecule has 1 aliphatic heterocycles. The Bertz CT molecular complexity index is 428. The second kappa shape index (κ2) is 5.31. The van der Waals surface area contributed by atoms with Gasteiger partial charge in [-0.25, -0.2) is 0 Å². The molecular formula is C14H19N3. The Morgan fingerprint density at radius 3 is 2.59 bits per heavy atom. The molecule has 1 unspecified atom stereocenters. The zero-order valence-corrected chi connectivity index (χ0v) is 10.5. The average molecular weight is 229 g/mol. The predicted molar refractivity (Wildman–Crippen MR) is 68.7 cm³/mol. The zero-order valence-electron chi connectivity index (χ0n) is 10.5. The highest BCUT2D eigenvalue weighted by atomic mass is 15.2. The van der Waals surface area contributed by atoms with Crippen molar-refractivity contribution in [3.63, 3.8) is 0 Å². The largest absolute Gasteiger partial charge is 0.314 e. The van der Waals surface area contributed by atoms with Gasteiger partial charge in [0.05, 0.1) is 6.07 Å². The third-order valence-electron chi connectivity index (χ3n) is 3.36. The monoisotopic (exact) mass is 229 g/mol. The predicted octanol–water partition coefficient (Wildman–Crippen LogP) is 1.77. The summed E-state index contributed by atoms with van der Waals surface area (Å²) in [4.78, 5) is 2.26. The summed E-state index contributed by atoms with van der Waals surface area (Å²) in [6.45, 7) is 8.03. The zero-order chi connectivity index (χ0) is 12.3. The van der Waals surface area contributed by atoms with E-state index in [1.165, 1.54) is 11.1 Å². The molecule has 0 aromatic heterocycles. The fourth-order valence-electron chi connectivity index (χ4n) is 2.42. The molecule has 0 bridgehead atoms. The number of benzene rings is 1. The van der Waals surface area contributed by atoms with Crippen LogP contribution >= 0.6 is 0 Å². The smallest absolute Gasteiger partial charge is 0.124 e. The van der Waals surface area contributed by atoms with Crippen LogP contribution in [0.3, 0.4) is 0 Å². The van der Waals surface area contributed by atoms with Crippen molar-refractivity contribution in [1.82, 2.24) is 10.2 Å². The Morgan fingerprint density at radius 2 is 2.00 bits per heavy atom. The van der Waals surface area contributed by atoms with Gasteiger partial charge in [0, 0.05) is 26.2 Å². The lowest BCUT2D eigenvalue weighted by atomic mass is 9.98. The summed E-state index contributed by atoms with van der Waals surface area (Å²) in [6.07, 6.45) is 0. The molecule has 90 valence electrons. The first kappa shape index (κ1) is 12.1. The van der Waals surface area contributed by atoms with E-state index in [-0.39, 0.29) is 6.04 Å². The molecule has 1 aromatic rings. The highest BCUT2D eigenvalue weighted by Gasteiger charge is 2.22. The van der Waals surface area contributed by atoms with E-state index >= 15 is 0 Å². The molecule has 0 amide bonds. The second-order valence-electron chi connectivity index (χ2n) is 4.68. The summed E-state index contributed by atoms with van der Waals surface area (Å²) in [7, 11) is 0. The molecule has 1 N–H and O–H groups in total. The molecule has 2 rings (SSSR count). The summed E-state index contributed by atoms with van der Waals surface area (Å²) in [5.74, 6) is 0. The van der Waals surface area contributed by atoms with Crippen LogP contribution in [-0.2, 0) is 0 Å². The molecule has 0 radical (unpaired) electrons. The lowest BCUT2D eigenvalue weighted by Crippen LogP contribution is -2.44. The summed E-state index contributed by atoms with van der Waals surface area (Å²) in [5, 5.41) is 12.7. The van der Waals surface area contributed by atoms with Gasteiger partial charge in [-0.3, -0.25) is 4.90 Å². The van der Waals surface area contributed by atoms with Gasteiger partial charge < -0.3 is 5.32 Å². The van der Waals surface area contributed by atoms with Crippen molar-refractivity contribution in [2.45, 2.75) is 19.9 Å². The van der Waals surface area contributed by atoms with E-state index < -0.39 is 0 Å². The Kier molecular flexibility index (Phi) is 3.78. The molecule has 0 spiro atoms. The molecular weight excluding hydrogens is 210 g/mol. The van der Waals surface area contributed by atoms with Crippen LogP contribution in [0.5, 0.6) is 0 Å². The van der Waals surface area contributed by atoms with Gasteiger partial charge in [0.25, 0.3) is 0 Å². The summed E-state index contributed by atoms with van der Waals surface area (Å²) in [5.41, 5.74) is 3.62. The van der Waals surface area contributed by atoms with Gasteiger partial charge in [-0.2, -0.15) is 5.26 Å². The molecule has 3 heteroatoms. The van der Waals surface area contributed by atoms with E-state index in [1.54, 1.807) is 0 Å². The normalized spacial score (nSPS) is 18.6. The maximum absolute atomic E-state index is 9.41. The Hall–Kier alpha value is -1.37. The number of hydrogen-bond acceptors (Lipinski definition) is 3. The number of hydrogen-bond donors (Lipinski definition) is 1. The molecule has 0 aliphatic carbocycles. The number of nitrogens with one attached hydrogen (secondary N) is 1. The topological polar surface area (TPSA) is 39.1 Å². The van der Waals surface area contributed by atoms with Crippen molar-refractivity contribution >= 4 is 0 Å². The Morgan fingerprint density at radius 1 is 1.29 bits per heavy atom. The standard InChI is InChI=1S/C14H19N3/c1-11-3-4-13(12(2)9-11)14(10-15)17-7-5-16-6-8-17/h3-4,9,14,16H,5-8H2,1-2H3. The van der Waals surface area contributed by atoms with Gasteiger partial charge in [-0.05, 0) is 25.0 Å². The number of nitriles is 1. The van der Waals surface area contributed by atoms with Crippen molar-refractivity contribution in [2.24, 2.45) is 0 Å². The lowest BCUT2D eigenvalue weighted by Gasteiger charge is -2.31. The minimum absolute atomic E-state index is 0.0994. The van der Waals surface area contributed by atoms with E-state index in [1.807, 2.05) is 0 Å². The minimum atomic E-state index is -0.0994. The van der Waals surface area contributed by atoms with Crippen molar-refractivity contribution in [2.75, 3.05) is 26.2 Å². The quantitative estimate of drug-likeness (QED) is 0.840. The van der Waals surface area contributed by atoms with E-state index in [0.717, 1.165) is 31.7 Å². The van der Waals surface area contributed by atoms with Crippen LogP contribution in [0.2, 0.25) is 0 Å². The number of rotatable bonds is 2. The second-order valence-corrected chi connectivity index (χ2v) is 4.68. The van der Waals surface area contributed by atoms with Gasteiger partial charge in [0.15, 0.2) is 0 Å². The fraction of sp³-hybridized carbons (Fsp3) is 0.500. The van der Waals surface area contributed by atoms with Crippen molar-refractivity contribution in [3.8, 4) is 6.07 Å².